The third-order valence-corrected chi connectivity index (χ3v) is 5.20. The molecule has 0 unspecified atom stereocenters. The first-order chi connectivity index (χ1) is 9.90. The second kappa shape index (κ2) is 5.90. The Morgan fingerprint density at radius 1 is 1.29 bits per heavy atom. The van der Waals surface area contributed by atoms with Gasteiger partial charge in [-0.05, 0) is 24.1 Å². The molecular weight excluding hydrogens is 298 g/mol. The first-order valence-corrected chi connectivity index (χ1v) is 7.81. The van der Waals surface area contributed by atoms with Crippen LogP contribution in [0.5, 0.6) is 11.5 Å². The van der Waals surface area contributed by atoms with Crippen LogP contribution in [0.25, 0.3) is 0 Å². The van der Waals surface area contributed by atoms with E-state index in [-0.39, 0.29) is 22.8 Å². The molecule has 1 aliphatic rings. The molecular formula is C13H17NO6S. The summed E-state index contributed by atoms with van der Waals surface area (Å²) in [6, 6.07) is 2.81. The molecule has 2 rings (SSSR count). The van der Waals surface area contributed by atoms with Crippen molar-refractivity contribution >= 4 is 16.0 Å². The lowest BCUT2D eigenvalue weighted by Gasteiger charge is -2.30. The number of carboxylic acids is 1. The molecule has 0 spiro atoms. The fourth-order valence-electron chi connectivity index (χ4n) is 2.12. The van der Waals surface area contributed by atoms with Crippen molar-refractivity contribution in [2.75, 3.05) is 27.3 Å². The predicted octanol–water partition coefficient (Wildman–Crippen LogP) is 0.725. The zero-order valence-electron chi connectivity index (χ0n) is 11.8. The summed E-state index contributed by atoms with van der Waals surface area (Å²) in [7, 11) is -0.972. The molecule has 1 fully saturated rings. The summed E-state index contributed by atoms with van der Waals surface area (Å²) in [5.41, 5.74) is 0.347. The minimum absolute atomic E-state index is 0.0553. The van der Waals surface area contributed by atoms with Crippen molar-refractivity contribution in [3.8, 4) is 11.5 Å². The van der Waals surface area contributed by atoms with Gasteiger partial charge in [0.15, 0.2) is 11.5 Å². The summed E-state index contributed by atoms with van der Waals surface area (Å²) in [5.74, 6) is -0.747. The maximum absolute atomic E-state index is 12.5. The van der Waals surface area contributed by atoms with Gasteiger partial charge in [-0.3, -0.25) is 4.79 Å². The van der Waals surface area contributed by atoms with Crippen molar-refractivity contribution in [3.63, 3.8) is 0 Å². The highest BCUT2D eigenvalue weighted by Gasteiger charge is 2.33. The lowest BCUT2D eigenvalue weighted by Crippen LogP contribution is -2.42. The zero-order chi connectivity index (χ0) is 15.6. The number of benzene rings is 1. The van der Waals surface area contributed by atoms with Crippen LogP contribution in [0, 0.1) is 0 Å². The highest BCUT2D eigenvalue weighted by Crippen LogP contribution is 2.38. The van der Waals surface area contributed by atoms with E-state index in [9.17, 15) is 13.2 Å². The molecule has 8 heteroatoms. The van der Waals surface area contributed by atoms with Crippen LogP contribution in [0.15, 0.2) is 17.0 Å². The SMILES string of the molecule is COc1cc(CC(=O)O)cc(S(=O)(=O)N2CCC2)c1OC. The van der Waals surface area contributed by atoms with Gasteiger partial charge in [0, 0.05) is 13.1 Å². The fraction of sp³-hybridized carbons (Fsp3) is 0.462. The molecule has 1 heterocycles. The fourth-order valence-corrected chi connectivity index (χ4v) is 3.85. The van der Waals surface area contributed by atoms with Gasteiger partial charge in [-0.15, -0.1) is 0 Å². The van der Waals surface area contributed by atoms with Gasteiger partial charge >= 0.3 is 5.97 Å². The number of nitrogens with zero attached hydrogens (tertiary/aromatic N) is 1. The van der Waals surface area contributed by atoms with E-state index < -0.39 is 16.0 Å². The van der Waals surface area contributed by atoms with Gasteiger partial charge in [0.1, 0.15) is 4.90 Å². The molecule has 0 atom stereocenters. The number of sulfonamides is 1. The second-order valence-corrected chi connectivity index (χ2v) is 6.56. The van der Waals surface area contributed by atoms with Crippen molar-refractivity contribution < 1.29 is 27.8 Å². The standard InChI is InChI=1S/C13H17NO6S/c1-19-10-6-9(8-12(15)16)7-11(13(10)20-2)21(17,18)14-4-3-5-14/h6-7H,3-5,8H2,1-2H3,(H,15,16). The molecule has 1 N–H and O–H groups in total. The Hall–Kier alpha value is -1.80. The molecule has 0 amide bonds. The summed E-state index contributed by atoms with van der Waals surface area (Å²) in [6.45, 7) is 0.911. The number of methoxy groups -OCH3 is 2. The number of carboxylic acid groups (broad SMARTS) is 1. The monoisotopic (exact) mass is 315 g/mol. The van der Waals surface area contributed by atoms with Gasteiger partial charge in [0.05, 0.1) is 20.6 Å². The summed E-state index contributed by atoms with van der Waals surface area (Å²) >= 11 is 0. The third-order valence-electron chi connectivity index (χ3n) is 3.29. The molecule has 1 aromatic carbocycles. The van der Waals surface area contributed by atoms with Crippen LogP contribution < -0.4 is 9.47 Å². The Bertz CT molecular complexity index is 651. The molecule has 1 aromatic rings. The normalized spacial score (nSPS) is 15.3. The van der Waals surface area contributed by atoms with E-state index in [4.69, 9.17) is 14.6 Å². The number of ether oxygens (including phenoxy) is 2. The lowest BCUT2D eigenvalue weighted by molar-refractivity contribution is -0.136. The number of carbonyl (C=O) groups is 1. The van der Waals surface area contributed by atoms with E-state index in [1.807, 2.05) is 0 Å². The molecule has 0 radical (unpaired) electrons. The topological polar surface area (TPSA) is 93.1 Å². The third kappa shape index (κ3) is 2.96. The molecule has 0 aromatic heterocycles. The lowest BCUT2D eigenvalue weighted by atomic mass is 10.1. The first kappa shape index (κ1) is 15.6. The molecule has 21 heavy (non-hydrogen) atoms. The van der Waals surface area contributed by atoms with E-state index in [1.54, 1.807) is 0 Å². The summed E-state index contributed by atoms with van der Waals surface area (Å²) in [5, 5.41) is 8.89. The zero-order valence-corrected chi connectivity index (χ0v) is 12.6. The van der Waals surface area contributed by atoms with Crippen LogP contribution in [0.1, 0.15) is 12.0 Å². The second-order valence-electron chi connectivity index (χ2n) is 4.66. The van der Waals surface area contributed by atoms with Crippen molar-refractivity contribution in [1.82, 2.24) is 4.31 Å². The van der Waals surface area contributed by atoms with Gasteiger partial charge in [-0.2, -0.15) is 4.31 Å². The molecule has 0 aliphatic carbocycles. The van der Waals surface area contributed by atoms with Crippen molar-refractivity contribution in [3.05, 3.63) is 17.7 Å². The van der Waals surface area contributed by atoms with Gasteiger partial charge < -0.3 is 14.6 Å². The van der Waals surface area contributed by atoms with Gasteiger partial charge in [-0.1, -0.05) is 0 Å². The molecule has 1 aliphatic heterocycles. The maximum Gasteiger partial charge on any atom is 0.307 e. The average molecular weight is 315 g/mol. The summed E-state index contributed by atoms with van der Waals surface area (Å²) < 4.78 is 36.7. The molecule has 7 nitrogen and oxygen atoms in total. The maximum atomic E-state index is 12.5. The molecule has 0 bridgehead atoms. The first-order valence-electron chi connectivity index (χ1n) is 6.37. The summed E-state index contributed by atoms with van der Waals surface area (Å²) in [4.78, 5) is 10.8. The Labute approximate surface area is 123 Å². The van der Waals surface area contributed by atoms with E-state index >= 15 is 0 Å². The van der Waals surface area contributed by atoms with Crippen molar-refractivity contribution in [1.29, 1.82) is 0 Å². The highest BCUT2D eigenvalue weighted by molar-refractivity contribution is 7.89. The Morgan fingerprint density at radius 2 is 1.95 bits per heavy atom. The molecule has 1 saturated heterocycles. The van der Waals surface area contributed by atoms with E-state index in [0.29, 0.717) is 18.7 Å². The highest BCUT2D eigenvalue weighted by atomic mass is 32.2. The van der Waals surface area contributed by atoms with Crippen LogP contribution in [0.4, 0.5) is 0 Å². The number of rotatable bonds is 6. The number of hydrogen-bond acceptors (Lipinski definition) is 5. The van der Waals surface area contributed by atoms with Crippen molar-refractivity contribution in [2.24, 2.45) is 0 Å². The van der Waals surface area contributed by atoms with Gasteiger partial charge in [0.25, 0.3) is 0 Å². The predicted molar refractivity (Wildman–Crippen MR) is 74.3 cm³/mol. The largest absolute Gasteiger partial charge is 0.493 e. The van der Waals surface area contributed by atoms with Crippen LogP contribution in [-0.4, -0.2) is 51.1 Å². The van der Waals surface area contributed by atoms with E-state index in [2.05, 4.69) is 0 Å². The minimum atomic E-state index is -3.70. The van der Waals surface area contributed by atoms with Crippen molar-refractivity contribution in [2.45, 2.75) is 17.7 Å². The quantitative estimate of drug-likeness (QED) is 0.831. The smallest absolute Gasteiger partial charge is 0.307 e. The number of aliphatic carboxylic acids is 1. The number of hydrogen-bond donors (Lipinski definition) is 1. The van der Waals surface area contributed by atoms with Gasteiger partial charge in [-0.25, -0.2) is 8.42 Å². The molecule has 116 valence electrons. The van der Waals surface area contributed by atoms with Crippen LogP contribution in [0.2, 0.25) is 0 Å². The van der Waals surface area contributed by atoms with Crippen LogP contribution in [-0.2, 0) is 21.2 Å². The Morgan fingerprint density at radius 3 is 2.38 bits per heavy atom. The van der Waals surface area contributed by atoms with Gasteiger partial charge in [0.2, 0.25) is 10.0 Å². The van der Waals surface area contributed by atoms with E-state index in [0.717, 1.165) is 6.42 Å². The summed E-state index contributed by atoms with van der Waals surface area (Å²) in [6.07, 6.45) is 0.524. The van der Waals surface area contributed by atoms with E-state index in [1.165, 1.54) is 30.7 Å². The minimum Gasteiger partial charge on any atom is -0.493 e. The Balaban J connectivity index is 2.58. The average Bonchev–Trinajstić information content (AvgIpc) is 2.34. The van der Waals surface area contributed by atoms with Crippen LogP contribution in [0.3, 0.4) is 0 Å². The molecule has 0 saturated carbocycles. The van der Waals surface area contributed by atoms with Crippen LogP contribution >= 0.6 is 0 Å². The Kier molecular flexibility index (Phi) is 4.38.